The number of nitrogens with one attached hydrogen (secondary N) is 3. The molecule has 3 aliphatic heterocycles. The zero-order chi connectivity index (χ0) is 62.0. The van der Waals surface area contributed by atoms with Crippen LogP contribution in [0.15, 0.2) is 0 Å². The zero-order valence-electron chi connectivity index (χ0n) is 48.2. The van der Waals surface area contributed by atoms with Gasteiger partial charge in [0.25, 0.3) is 0 Å². The fourth-order valence-electron chi connectivity index (χ4n) is 7.67. The summed E-state index contributed by atoms with van der Waals surface area (Å²) in [4.78, 5) is 35.2. The van der Waals surface area contributed by atoms with Gasteiger partial charge in [0, 0.05) is 44.3 Å². The molecule has 0 saturated carbocycles. The zero-order valence-corrected chi connectivity index (χ0v) is 48.2. The Morgan fingerprint density at radius 1 is 0.405 bits per heavy atom. The molecular weight excluding hydrogens is 1130 g/mol. The third-order valence-corrected chi connectivity index (χ3v) is 12.5. The van der Waals surface area contributed by atoms with Crippen LogP contribution >= 0.6 is 0 Å². The molecule has 33 heteroatoms. The van der Waals surface area contributed by atoms with Crippen molar-refractivity contribution >= 4 is 18.1 Å². The first-order valence-corrected chi connectivity index (χ1v) is 28.1. The van der Waals surface area contributed by atoms with Crippen LogP contribution in [0.3, 0.4) is 0 Å². The van der Waals surface area contributed by atoms with Gasteiger partial charge in [-0.05, 0) is 7.05 Å². The monoisotopic (exact) mass is 1230 g/mol. The number of hydrogen-bond donors (Lipinski definition) is 15. The van der Waals surface area contributed by atoms with Crippen molar-refractivity contribution in [3.63, 3.8) is 0 Å². The number of hydrogen-bond acceptors (Lipinski definition) is 31. The fraction of sp³-hybridized carbons (Fsp3) is 0.941. The lowest BCUT2D eigenvalue weighted by Gasteiger charge is -2.39. The maximum absolute atomic E-state index is 12.3. The maximum atomic E-state index is 12.3. The molecule has 15 atom stereocenters. The van der Waals surface area contributed by atoms with Crippen LogP contribution in [0.4, 0.5) is 0 Å². The summed E-state index contributed by atoms with van der Waals surface area (Å²) in [7, 11) is 1.84. The van der Waals surface area contributed by atoms with Crippen molar-refractivity contribution in [2.24, 2.45) is 5.41 Å². The van der Waals surface area contributed by atoms with E-state index < -0.39 is 117 Å². The van der Waals surface area contributed by atoms with Gasteiger partial charge >= 0.3 is 0 Å². The van der Waals surface area contributed by atoms with Gasteiger partial charge in [0.05, 0.1) is 159 Å². The highest BCUT2D eigenvalue weighted by atomic mass is 16.7. The molecule has 3 fully saturated rings. The van der Waals surface area contributed by atoms with E-state index in [1.165, 1.54) is 0 Å². The summed E-state index contributed by atoms with van der Waals surface area (Å²) in [5.41, 5.74) is -0.625. The van der Waals surface area contributed by atoms with Crippen LogP contribution in [0.5, 0.6) is 0 Å². The van der Waals surface area contributed by atoms with Gasteiger partial charge in [-0.3, -0.25) is 9.59 Å². The van der Waals surface area contributed by atoms with Crippen LogP contribution in [0.1, 0.15) is 26.2 Å². The van der Waals surface area contributed by atoms with Crippen molar-refractivity contribution in [1.29, 1.82) is 0 Å². The number of aldehydes is 1. The number of aliphatic hydroxyl groups excluding tert-OH is 12. The molecule has 3 saturated heterocycles. The number of amides is 2. The van der Waals surface area contributed by atoms with Crippen molar-refractivity contribution in [2.45, 2.75) is 118 Å². The highest BCUT2D eigenvalue weighted by Crippen LogP contribution is 2.25. The molecule has 0 radical (unpaired) electrons. The predicted octanol–water partition coefficient (Wildman–Crippen LogP) is -8.60. The second-order valence-corrected chi connectivity index (χ2v) is 19.6. The number of carbonyl (C=O) groups excluding carboxylic acids is 3. The van der Waals surface area contributed by atoms with Crippen LogP contribution in [-0.2, 0) is 85.4 Å². The molecule has 0 aliphatic carbocycles. The van der Waals surface area contributed by atoms with E-state index in [2.05, 4.69) is 16.0 Å². The number of ether oxygens (including phenoxy) is 15. The van der Waals surface area contributed by atoms with E-state index in [1.54, 1.807) is 0 Å². The van der Waals surface area contributed by atoms with Gasteiger partial charge in [0.15, 0.2) is 18.9 Å². The van der Waals surface area contributed by atoms with E-state index in [4.69, 9.17) is 76.2 Å². The number of rotatable bonds is 48. The number of likely N-dealkylation sites (N-methyl/N-ethyl adjacent to an activating group) is 1. The fourth-order valence-corrected chi connectivity index (χ4v) is 7.67. The molecule has 15 N–H and O–H groups in total. The second kappa shape index (κ2) is 47.5. The average Bonchev–Trinajstić information content (AvgIpc) is 3.43. The topological polar surface area (TPSA) is 469 Å². The Hall–Kier alpha value is -2.51. The lowest BCUT2D eigenvalue weighted by Crippen LogP contribution is -2.59. The van der Waals surface area contributed by atoms with Crippen LogP contribution in [-0.4, -0.2) is 357 Å². The van der Waals surface area contributed by atoms with E-state index in [9.17, 15) is 70.6 Å². The summed E-state index contributed by atoms with van der Waals surface area (Å²) in [6.45, 7) is 6.31. The average molecular weight is 1230 g/mol. The molecule has 33 nitrogen and oxygen atoms in total. The molecule has 2 amide bonds. The Morgan fingerprint density at radius 2 is 0.702 bits per heavy atom. The van der Waals surface area contributed by atoms with Gasteiger partial charge in [-0.1, -0.05) is 6.92 Å². The minimum Gasteiger partial charge on any atom is -0.394 e. The Labute approximate surface area is 488 Å². The molecule has 3 aliphatic rings. The highest BCUT2D eigenvalue weighted by molar-refractivity contribution is 5.76. The molecule has 0 aromatic rings. The van der Waals surface area contributed by atoms with Crippen LogP contribution in [0.25, 0.3) is 0 Å². The second-order valence-electron chi connectivity index (χ2n) is 19.6. The molecule has 84 heavy (non-hydrogen) atoms. The minimum atomic E-state index is -1.52. The van der Waals surface area contributed by atoms with Crippen molar-refractivity contribution in [3.05, 3.63) is 0 Å². The lowest BCUT2D eigenvalue weighted by molar-refractivity contribution is -0.302. The standard InChI is InChI=1S/C38H70N2O22.C13H27NO8/c1-38(23-56-8-2-7-41,24-57-9-3-28(44)39-5-11-52-13-15-54-17-19-59-36-34(50)32(48)30(46)26(21-42)61-36)25-58-10-4-29(45)40-6-12-53-14-16-55-18-20-60-37-35(51)33(49)31(47)27(22-43)62-37;1-14-2-3-19-4-5-20-6-7-21-13-12(18)11(17)10(16)9(8-15)22-13/h7,26-27,30-37,42-43,46-51H,2-6,8-25H2,1H3,(H,39,44)(H,40,45);9-18H,2-8H2,1H3. The van der Waals surface area contributed by atoms with E-state index in [1.807, 2.05) is 14.0 Å². The van der Waals surface area contributed by atoms with E-state index in [-0.39, 0.29) is 163 Å². The molecule has 0 aromatic carbocycles. The first-order valence-electron chi connectivity index (χ1n) is 28.1. The van der Waals surface area contributed by atoms with Crippen LogP contribution in [0.2, 0.25) is 0 Å². The van der Waals surface area contributed by atoms with Gasteiger partial charge in [0.2, 0.25) is 11.8 Å². The lowest BCUT2D eigenvalue weighted by atomic mass is 9.94. The third kappa shape index (κ3) is 32.1. The van der Waals surface area contributed by atoms with E-state index in [0.717, 1.165) is 12.8 Å². The minimum absolute atomic E-state index is 0.0156. The predicted molar refractivity (Wildman–Crippen MR) is 284 cm³/mol. The summed E-state index contributed by atoms with van der Waals surface area (Å²) >= 11 is 0. The molecule has 0 bridgehead atoms. The van der Waals surface area contributed by atoms with Gasteiger partial charge in [-0.25, -0.2) is 0 Å². The highest BCUT2D eigenvalue weighted by Gasteiger charge is 2.46. The number of carbonyl (C=O) groups is 3. The molecule has 0 aromatic heterocycles. The molecular formula is C51H97N3O30. The molecule has 3 rings (SSSR count). The van der Waals surface area contributed by atoms with Crippen molar-refractivity contribution in [3.8, 4) is 0 Å². The van der Waals surface area contributed by atoms with Crippen molar-refractivity contribution in [1.82, 2.24) is 16.0 Å². The Morgan fingerprint density at radius 3 is 1.01 bits per heavy atom. The molecule has 15 unspecified atom stereocenters. The third-order valence-electron chi connectivity index (χ3n) is 12.5. The van der Waals surface area contributed by atoms with Crippen LogP contribution < -0.4 is 16.0 Å². The van der Waals surface area contributed by atoms with Gasteiger partial charge in [-0.2, -0.15) is 0 Å². The molecule has 0 spiro atoms. The smallest absolute Gasteiger partial charge is 0.222 e. The Kier molecular flexibility index (Phi) is 43.9. The molecule has 496 valence electrons. The van der Waals surface area contributed by atoms with Gasteiger partial charge in [0.1, 0.15) is 79.5 Å². The summed E-state index contributed by atoms with van der Waals surface area (Å²) in [5, 5.41) is 124. The summed E-state index contributed by atoms with van der Waals surface area (Å²) in [6, 6.07) is 0. The normalized spacial score (nSPS) is 28.7. The quantitative estimate of drug-likeness (QED) is 0.0199. The van der Waals surface area contributed by atoms with E-state index in [0.29, 0.717) is 19.8 Å². The SMILES string of the molecule is CC(COCCC=O)(COCCC(=O)NCCOCCOCCOC1OC(CO)C(O)C(O)C1O)COCCC(=O)NCCOCCOCCOC1OC(CO)C(O)C(O)C1O.CNCCOCCOCCOC1OC(CO)C(O)C(O)C1O. The number of aliphatic hydroxyl groups is 12. The summed E-state index contributed by atoms with van der Waals surface area (Å²) in [6.07, 6.45) is -18.6. The summed E-state index contributed by atoms with van der Waals surface area (Å²) < 4.78 is 80.9. The Balaban J connectivity index is 0.000000912. The van der Waals surface area contributed by atoms with Gasteiger partial charge < -0.3 is 153 Å². The van der Waals surface area contributed by atoms with E-state index >= 15 is 0 Å². The first kappa shape index (κ1) is 77.6. The van der Waals surface area contributed by atoms with Crippen LogP contribution in [0, 0.1) is 5.41 Å². The largest absolute Gasteiger partial charge is 0.394 e. The van der Waals surface area contributed by atoms with Gasteiger partial charge in [-0.15, -0.1) is 0 Å². The summed E-state index contributed by atoms with van der Waals surface area (Å²) in [5.74, 6) is -0.475. The van der Waals surface area contributed by atoms with Crippen molar-refractivity contribution in [2.75, 3.05) is 185 Å². The maximum Gasteiger partial charge on any atom is 0.222 e. The Bertz CT molecular complexity index is 1560. The van der Waals surface area contributed by atoms with Crippen molar-refractivity contribution < 1.29 is 147 Å². The first-order chi connectivity index (χ1) is 40.5. The molecule has 3 heterocycles.